The summed E-state index contributed by atoms with van der Waals surface area (Å²) in [6.07, 6.45) is 4.98. The molecule has 20 heavy (non-hydrogen) atoms. The van der Waals surface area contributed by atoms with Crippen LogP contribution >= 0.6 is 0 Å². The summed E-state index contributed by atoms with van der Waals surface area (Å²) in [5.74, 6) is 2.03. The van der Waals surface area contributed by atoms with Gasteiger partial charge in [-0.1, -0.05) is 27.2 Å². The lowest BCUT2D eigenvalue weighted by atomic mass is 9.95. The van der Waals surface area contributed by atoms with Gasteiger partial charge >= 0.3 is 0 Å². The number of piperidine rings is 1. The van der Waals surface area contributed by atoms with Crippen molar-refractivity contribution in [2.75, 3.05) is 24.5 Å². The van der Waals surface area contributed by atoms with Crippen molar-refractivity contribution >= 4 is 5.82 Å². The molecule has 1 aliphatic heterocycles. The Labute approximate surface area is 123 Å². The highest BCUT2D eigenvalue weighted by molar-refractivity contribution is 5.43. The Morgan fingerprint density at radius 1 is 1.30 bits per heavy atom. The lowest BCUT2D eigenvalue weighted by Crippen LogP contribution is -2.36. The van der Waals surface area contributed by atoms with Crippen molar-refractivity contribution in [2.45, 2.75) is 53.0 Å². The molecule has 3 nitrogen and oxygen atoms in total. The number of aryl methyl sites for hydroxylation is 1. The largest absolute Gasteiger partial charge is 0.356 e. The van der Waals surface area contributed by atoms with E-state index in [-0.39, 0.29) is 0 Å². The molecule has 0 spiro atoms. The molecule has 0 bridgehead atoms. The summed E-state index contributed by atoms with van der Waals surface area (Å²) in [6.45, 7) is 11.0. The molecule has 0 saturated carbocycles. The molecule has 1 aliphatic rings. The molecule has 0 aliphatic carbocycles. The average molecular weight is 275 g/mol. The molecule has 2 rings (SSSR count). The van der Waals surface area contributed by atoms with Crippen molar-refractivity contribution in [1.29, 1.82) is 0 Å². The van der Waals surface area contributed by atoms with Gasteiger partial charge in [0.25, 0.3) is 0 Å². The number of hydrogen-bond donors (Lipinski definition) is 1. The molecule has 1 aromatic heterocycles. The van der Waals surface area contributed by atoms with Crippen molar-refractivity contribution in [3.8, 4) is 0 Å². The fourth-order valence-electron chi connectivity index (χ4n) is 2.95. The third kappa shape index (κ3) is 3.95. The number of nitrogens with one attached hydrogen (secondary N) is 1. The lowest BCUT2D eigenvalue weighted by Gasteiger charge is -2.33. The molecule has 1 aromatic rings. The predicted molar refractivity (Wildman–Crippen MR) is 86.2 cm³/mol. The molecule has 0 aromatic carbocycles. The van der Waals surface area contributed by atoms with Crippen LogP contribution in [0.3, 0.4) is 0 Å². The third-order valence-corrected chi connectivity index (χ3v) is 4.29. The monoisotopic (exact) mass is 275 g/mol. The van der Waals surface area contributed by atoms with Gasteiger partial charge in [-0.25, -0.2) is 4.98 Å². The summed E-state index contributed by atoms with van der Waals surface area (Å²) in [4.78, 5) is 7.34. The molecular formula is C17H29N3. The summed E-state index contributed by atoms with van der Waals surface area (Å²) < 4.78 is 0. The van der Waals surface area contributed by atoms with E-state index in [2.05, 4.69) is 43.1 Å². The Balaban J connectivity index is 2.16. The second kappa shape index (κ2) is 7.63. The van der Waals surface area contributed by atoms with Crippen molar-refractivity contribution in [3.05, 3.63) is 23.4 Å². The molecule has 112 valence electrons. The van der Waals surface area contributed by atoms with Crippen molar-refractivity contribution in [3.63, 3.8) is 0 Å². The third-order valence-electron chi connectivity index (χ3n) is 4.29. The van der Waals surface area contributed by atoms with Crippen LogP contribution in [-0.2, 0) is 13.0 Å². The van der Waals surface area contributed by atoms with Crippen LogP contribution in [0.1, 0.15) is 51.3 Å². The summed E-state index contributed by atoms with van der Waals surface area (Å²) in [5.41, 5.74) is 2.58. The van der Waals surface area contributed by atoms with Crippen LogP contribution in [0.2, 0.25) is 0 Å². The molecule has 0 radical (unpaired) electrons. The van der Waals surface area contributed by atoms with Crippen LogP contribution in [0.25, 0.3) is 0 Å². The van der Waals surface area contributed by atoms with Crippen LogP contribution in [0.4, 0.5) is 5.82 Å². The van der Waals surface area contributed by atoms with E-state index in [1.807, 2.05) is 0 Å². The predicted octanol–water partition coefficient (Wildman–Crippen LogP) is 3.38. The lowest BCUT2D eigenvalue weighted by molar-refractivity contribution is 0.403. The maximum Gasteiger partial charge on any atom is 0.129 e. The molecular weight excluding hydrogens is 246 g/mol. The smallest absolute Gasteiger partial charge is 0.129 e. The van der Waals surface area contributed by atoms with Crippen LogP contribution in [-0.4, -0.2) is 24.6 Å². The van der Waals surface area contributed by atoms with Gasteiger partial charge in [0.05, 0.1) is 0 Å². The van der Waals surface area contributed by atoms with E-state index in [9.17, 15) is 0 Å². The first kappa shape index (κ1) is 15.3. The van der Waals surface area contributed by atoms with Gasteiger partial charge in [0, 0.05) is 25.3 Å². The highest BCUT2D eigenvalue weighted by atomic mass is 15.2. The number of pyridine rings is 1. The maximum absolute atomic E-state index is 4.85. The molecule has 2 heterocycles. The minimum absolute atomic E-state index is 0.841. The fourth-order valence-corrected chi connectivity index (χ4v) is 2.95. The highest BCUT2D eigenvalue weighted by Crippen LogP contribution is 2.24. The Hall–Kier alpha value is -1.09. The summed E-state index contributed by atoms with van der Waals surface area (Å²) >= 11 is 0. The molecule has 1 unspecified atom stereocenters. The van der Waals surface area contributed by atoms with E-state index in [4.69, 9.17) is 4.98 Å². The van der Waals surface area contributed by atoms with Gasteiger partial charge in [-0.15, -0.1) is 0 Å². The van der Waals surface area contributed by atoms with E-state index in [1.54, 1.807) is 0 Å². The van der Waals surface area contributed by atoms with Crippen LogP contribution in [0, 0.1) is 5.92 Å². The van der Waals surface area contributed by atoms with Gasteiger partial charge < -0.3 is 10.2 Å². The first-order valence-electron chi connectivity index (χ1n) is 8.22. The van der Waals surface area contributed by atoms with E-state index in [1.165, 1.54) is 42.9 Å². The Morgan fingerprint density at radius 2 is 2.15 bits per heavy atom. The molecule has 0 amide bonds. The first-order valence-corrected chi connectivity index (χ1v) is 8.22. The van der Waals surface area contributed by atoms with E-state index in [0.29, 0.717) is 0 Å². The van der Waals surface area contributed by atoms with Gasteiger partial charge in [-0.3, -0.25) is 0 Å². The maximum atomic E-state index is 4.85. The van der Waals surface area contributed by atoms with Gasteiger partial charge in [0.2, 0.25) is 0 Å². The van der Waals surface area contributed by atoms with Crippen molar-refractivity contribution in [2.24, 2.45) is 5.92 Å². The number of aromatic nitrogens is 1. The zero-order valence-electron chi connectivity index (χ0n) is 13.3. The van der Waals surface area contributed by atoms with E-state index < -0.39 is 0 Å². The minimum Gasteiger partial charge on any atom is -0.356 e. The molecule has 1 atom stereocenters. The van der Waals surface area contributed by atoms with Gasteiger partial charge in [0.1, 0.15) is 5.82 Å². The number of hydrogen-bond acceptors (Lipinski definition) is 3. The second-order valence-corrected chi connectivity index (χ2v) is 5.82. The number of anilines is 1. The highest BCUT2D eigenvalue weighted by Gasteiger charge is 2.20. The molecule has 1 saturated heterocycles. The summed E-state index contributed by atoms with van der Waals surface area (Å²) in [6, 6.07) is 4.52. The van der Waals surface area contributed by atoms with Crippen LogP contribution < -0.4 is 10.2 Å². The zero-order chi connectivity index (χ0) is 14.4. The number of rotatable bonds is 6. The molecule has 1 fully saturated rings. The van der Waals surface area contributed by atoms with E-state index >= 15 is 0 Å². The zero-order valence-corrected chi connectivity index (χ0v) is 13.3. The normalized spacial score (nSPS) is 19.4. The standard InChI is InChI=1S/C17H29N3/c1-4-14-8-7-9-20(13-14)17-11-15(12-18-6-3)10-16(5-2)19-17/h10-11,14,18H,4-9,12-13H2,1-3H3. The summed E-state index contributed by atoms with van der Waals surface area (Å²) in [7, 11) is 0. The number of nitrogens with zero attached hydrogens (tertiary/aromatic N) is 2. The summed E-state index contributed by atoms with van der Waals surface area (Å²) in [5, 5.41) is 3.42. The Morgan fingerprint density at radius 3 is 2.85 bits per heavy atom. The van der Waals surface area contributed by atoms with Gasteiger partial charge in [0.15, 0.2) is 0 Å². The van der Waals surface area contributed by atoms with Crippen LogP contribution in [0.5, 0.6) is 0 Å². The van der Waals surface area contributed by atoms with Gasteiger partial charge in [-0.2, -0.15) is 0 Å². The van der Waals surface area contributed by atoms with Crippen molar-refractivity contribution < 1.29 is 0 Å². The van der Waals surface area contributed by atoms with E-state index in [0.717, 1.165) is 32.0 Å². The minimum atomic E-state index is 0.841. The molecule has 3 heteroatoms. The average Bonchev–Trinajstić information content (AvgIpc) is 2.52. The Bertz CT molecular complexity index is 417. The quantitative estimate of drug-likeness (QED) is 0.862. The van der Waals surface area contributed by atoms with Crippen molar-refractivity contribution in [1.82, 2.24) is 10.3 Å². The topological polar surface area (TPSA) is 28.2 Å². The Kier molecular flexibility index (Phi) is 5.84. The molecule has 1 N–H and O–H groups in total. The fraction of sp³-hybridized carbons (Fsp3) is 0.706. The SMILES string of the molecule is CCNCc1cc(CC)nc(N2CCCC(CC)C2)c1. The van der Waals surface area contributed by atoms with Crippen LogP contribution in [0.15, 0.2) is 12.1 Å². The second-order valence-electron chi connectivity index (χ2n) is 5.82. The first-order chi connectivity index (χ1) is 9.76. The van der Waals surface area contributed by atoms with Gasteiger partial charge in [-0.05, 0) is 49.4 Å².